The maximum absolute atomic E-state index is 12.3. The highest BCUT2D eigenvalue weighted by molar-refractivity contribution is 7.94. The molecule has 14 heteroatoms. The molecule has 0 bridgehead atoms. The molecule has 0 spiro atoms. The molecule has 0 fully saturated rings. The first-order chi connectivity index (χ1) is 15.5. The average Bonchev–Trinajstić information content (AvgIpc) is 3.29. The summed E-state index contributed by atoms with van der Waals surface area (Å²) in [5.41, 5.74) is -0.115. The number of primary sulfonamides is 1. The van der Waals surface area contributed by atoms with Gasteiger partial charge in [-0.15, -0.1) is 11.3 Å². The first kappa shape index (κ1) is 24.2. The van der Waals surface area contributed by atoms with Crippen LogP contribution >= 0.6 is 11.3 Å². The number of hydrogen-bond acceptors (Lipinski definition) is 9. The van der Waals surface area contributed by atoms with Crippen molar-refractivity contribution in [3.63, 3.8) is 0 Å². The van der Waals surface area contributed by atoms with E-state index in [1.807, 2.05) is 0 Å². The summed E-state index contributed by atoms with van der Waals surface area (Å²) in [5.74, 6) is -2.27. The molecular weight excluding hydrogens is 494 g/mol. The van der Waals surface area contributed by atoms with E-state index in [4.69, 9.17) is 9.88 Å². The van der Waals surface area contributed by atoms with Crippen LogP contribution < -0.4 is 15.2 Å². The molecule has 1 aromatic heterocycles. The Balaban J connectivity index is 1.63. The first-order valence-corrected chi connectivity index (χ1v) is 12.9. The Morgan fingerprint density at radius 1 is 1.00 bits per heavy atom. The van der Waals surface area contributed by atoms with Crippen LogP contribution in [0.15, 0.2) is 69.1 Å². The van der Waals surface area contributed by atoms with E-state index in [0.717, 1.165) is 23.5 Å². The molecule has 0 aliphatic rings. The predicted molar refractivity (Wildman–Crippen MR) is 120 cm³/mol. The number of thiophene rings is 1. The van der Waals surface area contributed by atoms with E-state index >= 15 is 0 Å². The first-order valence-electron chi connectivity index (χ1n) is 8.95. The molecule has 5 N–H and O–H groups in total. The molecule has 0 saturated carbocycles. The number of anilines is 2. The lowest BCUT2D eigenvalue weighted by atomic mass is 10.2. The third-order valence-corrected chi connectivity index (χ3v) is 7.74. The number of phenolic OH excluding ortho intramolecular Hbond substituents is 1. The second-order valence-electron chi connectivity index (χ2n) is 6.46. The number of hydrogen-bond donors (Lipinski definition) is 4. The van der Waals surface area contributed by atoms with Crippen molar-refractivity contribution in [3.8, 4) is 5.75 Å². The van der Waals surface area contributed by atoms with Crippen molar-refractivity contribution in [2.45, 2.75) is 9.10 Å². The predicted octanol–water partition coefficient (Wildman–Crippen LogP) is 1.70. The Hall–Kier alpha value is -3.46. The van der Waals surface area contributed by atoms with E-state index in [1.165, 1.54) is 36.4 Å². The van der Waals surface area contributed by atoms with Gasteiger partial charge in [-0.3, -0.25) is 9.52 Å². The van der Waals surface area contributed by atoms with Crippen LogP contribution in [0.5, 0.6) is 5.75 Å². The number of sulfonamides is 2. The number of rotatable bonds is 8. The number of carbonyl (C=O) groups is 2. The van der Waals surface area contributed by atoms with Crippen LogP contribution in [-0.2, 0) is 29.6 Å². The summed E-state index contributed by atoms with van der Waals surface area (Å²) in [7, 11) is -7.75. The van der Waals surface area contributed by atoms with E-state index in [9.17, 15) is 31.5 Å². The molecule has 1 amide bonds. The lowest BCUT2D eigenvalue weighted by molar-refractivity contribution is -0.119. The van der Waals surface area contributed by atoms with Gasteiger partial charge in [-0.05, 0) is 53.9 Å². The number of phenols is 1. The van der Waals surface area contributed by atoms with Gasteiger partial charge in [0.1, 0.15) is 15.5 Å². The maximum atomic E-state index is 12.3. The van der Waals surface area contributed by atoms with Crippen LogP contribution in [0, 0.1) is 0 Å². The zero-order chi connectivity index (χ0) is 24.2. The fourth-order valence-electron chi connectivity index (χ4n) is 2.52. The van der Waals surface area contributed by atoms with E-state index in [0.29, 0.717) is 0 Å². The average molecular weight is 512 g/mol. The minimum Gasteiger partial charge on any atom is -0.507 e. The molecule has 0 unspecified atom stereocenters. The van der Waals surface area contributed by atoms with Gasteiger partial charge in [0.2, 0.25) is 10.0 Å². The van der Waals surface area contributed by atoms with Crippen molar-refractivity contribution in [2.75, 3.05) is 16.6 Å². The summed E-state index contributed by atoms with van der Waals surface area (Å²) in [6.45, 7) is -0.722. The van der Waals surface area contributed by atoms with Gasteiger partial charge in [0.15, 0.2) is 6.61 Å². The number of benzene rings is 2. The summed E-state index contributed by atoms with van der Waals surface area (Å²) in [5, 5.41) is 18.9. The van der Waals surface area contributed by atoms with Gasteiger partial charge >= 0.3 is 5.97 Å². The van der Waals surface area contributed by atoms with Gasteiger partial charge in [0.05, 0.1) is 4.90 Å². The van der Waals surface area contributed by atoms with Crippen LogP contribution in [0.3, 0.4) is 0 Å². The summed E-state index contributed by atoms with van der Waals surface area (Å²) in [6, 6.07) is 11.4. The Morgan fingerprint density at radius 2 is 1.67 bits per heavy atom. The molecule has 1 heterocycles. The van der Waals surface area contributed by atoms with Crippen molar-refractivity contribution < 1.29 is 36.3 Å². The van der Waals surface area contributed by atoms with Gasteiger partial charge in [-0.1, -0.05) is 6.07 Å². The maximum Gasteiger partial charge on any atom is 0.342 e. The molecule has 174 valence electrons. The minimum absolute atomic E-state index is 0.00699. The van der Waals surface area contributed by atoms with Crippen LogP contribution in [0.4, 0.5) is 11.4 Å². The van der Waals surface area contributed by atoms with Crippen LogP contribution in [0.1, 0.15) is 10.4 Å². The number of ether oxygens (including phenoxy) is 1. The van der Waals surface area contributed by atoms with Crippen molar-refractivity contribution in [2.24, 2.45) is 5.14 Å². The van der Waals surface area contributed by atoms with Crippen molar-refractivity contribution in [1.29, 1.82) is 0 Å². The third kappa shape index (κ3) is 6.29. The topological polar surface area (TPSA) is 182 Å². The zero-order valence-corrected chi connectivity index (χ0v) is 19.0. The molecule has 11 nitrogen and oxygen atoms in total. The monoisotopic (exact) mass is 511 g/mol. The molecule has 0 aliphatic carbocycles. The Bertz CT molecular complexity index is 1380. The van der Waals surface area contributed by atoms with Crippen molar-refractivity contribution in [1.82, 2.24) is 0 Å². The van der Waals surface area contributed by atoms with E-state index in [2.05, 4.69) is 10.0 Å². The number of nitrogens with one attached hydrogen (secondary N) is 2. The van der Waals surface area contributed by atoms with Gasteiger partial charge in [-0.2, -0.15) is 0 Å². The number of carbonyl (C=O) groups excluding carboxylic acids is 2. The Morgan fingerprint density at radius 3 is 2.27 bits per heavy atom. The summed E-state index contributed by atoms with van der Waals surface area (Å²) >= 11 is 1.00. The lowest BCUT2D eigenvalue weighted by Crippen LogP contribution is -2.21. The summed E-state index contributed by atoms with van der Waals surface area (Å²) in [4.78, 5) is 24.2. The molecule has 0 atom stereocenters. The number of aromatic hydroxyl groups is 1. The van der Waals surface area contributed by atoms with Crippen LogP contribution in [0.25, 0.3) is 0 Å². The standard InChI is InChI=1S/C19H17N3O8S3/c20-32(26,27)14-6-3-12(4-7-14)21-17(24)11-30-19(25)15-10-13(5-8-16(15)23)22-33(28,29)18-2-1-9-31-18/h1-10,22-23H,11H2,(H,21,24)(H2,20,26,27). The van der Waals surface area contributed by atoms with Gasteiger partial charge in [0.25, 0.3) is 15.9 Å². The Labute approximate surface area is 192 Å². The minimum atomic E-state index is -3.88. The molecule has 3 rings (SSSR count). The number of nitrogens with two attached hydrogens (primary N) is 1. The van der Waals surface area contributed by atoms with E-state index in [-0.39, 0.29) is 26.0 Å². The van der Waals surface area contributed by atoms with Gasteiger partial charge in [-0.25, -0.2) is 26.8 Å². The molecule has 33 heavy (non-hydrogen) atoms. The fraction of sp³-hybridized carbons (Fsp3) is 0.0526. The van der Waals surface area contributed by atoms with Gasteiger partial charge < -0.3 is 15.2 Å². The second kappa shape index (κ2) is 9.58. The molecule has 0 saturated heterocycles. The highest BCUT2D eigenvalue weighted by Crippen LogP contribution is 2.25. The molecular formula is C19H17N3O8S3. The summed E-state index contributed by atoms with van der Waals surface area (Å²) in [6.07, 6.45) is 0. The Kier molecular flexibility index (Phi) is 7.02. The van der Waals surface area contributed by atoms with E-state index in [1.54, 1.807) is 11.4 Å². The molecule has 3 aromatic rings. The van der Waals surface area contributed by atoms with Gasteiger partial charge in [0, 0.05) is 11.4 Å². The largest absolute Gasteiger partial charge is 0.507 e. The fourth-order valence-corrected chi connectivity index (χ4v) is 5.08. The smallest absolute Gasteiger partial charge is 0.342 e. The lowest BCUT2D eigenvalue weighted by Gasteiger charge is -2.10. The number of esters is 1. The SMILES string of the molecule is NS(=O)(=O)c1ccc(NC(=O)COC(=O)c2cc(NS(=O)(=O)c3cccs3)ccc2O)cc1. The second-order valence-corrected chi connectivity index (χ2v) is 10.9. The molecule has 0 aliphatic heterocycles. The zero-order valence-electron chi connectivity index (χ0n) is 16.6. The highest BCUT2D eigenvalue weighted by Gasteiger charge is 2.19. The molecule has 0 radical (unpaired) electrons. The van der Waals surface area contributed by atoms with E-state index < -0.39 is 44.3 Å². The summed E-state index contributed by atoms with van der Waals surface area (Å²) < 4.78 is 54.4. The van der Waals surface area contributed by atoms with Crippen LogP contribution in [0.2, 0.25) is 0 Å². The highest BCUT2D eigenvalue weighted by atomic mass is 32.2. The van der Waals surface area contributed by atoms with Crippen molar-refractivity contribution in [3.05, 3.63) is 65.5 Å². The van der Waals surface area contributed by atoms with Crippen LogP contribution in [-0.4, -0.2) is 40.4 Å². The van der Waals surface area contributed by atoms with Crippen molar-refractivity contribution >= 4 is 54.6 Å². The number of amides is 1. The third-order valence-electron chi connectivity index (χ3n) is 4.03. The molecule has 2 aromatic carbocycles. The normalized spacial score (nSPS) is 11.5. The quantitative estimate of drug-likeness (QED) is 0.260.